The Hall–Kier alpha value is -3.65. The summed E-state index contributed by atoms with van der Waals surface area (Å²) >= 11 is 0. The van der Waals surface area contributed by atoms with Crippen LogP contribution in [0.15, 0.2) is 66.9 Å². The number of benzene rings is 2. The molecular formula is C28H29F2N3O3. The molecule has 0 saturated carbocycles. The molecule has 2 heterocycles. The predicted molar refractivity (Wildman–Crippen MR) is 133 cm³/mol. The van der Waals surface area contributed by atoms with Crippen molar-refractivity contribution in [3.8, 4) is 0 Å². The molecule has 0 radical (unpaired) electrons. The van der Waals surface area contributed by atoms with Gasteiger partial charge in [0, 0.05) is 60.9 Å². The average molecular weight is 494 g/mol. The fraction of sp³-hybridized carbons (Fsp3) is 0.321. The van der Waals surface area contributed by atoms with Crippen LogP contribution in [-0.2, 0) is 22.0 Å². The van der Waals surface area contributed by atoms with E-state index < -0.39 is 11.3 Å². The van der Waals surface area contributed by atoms with E-state index in [9.17, 15) is 18.4 Å². The molecule has 2 aromatic carbocycles. The maximum atomic E-state index is 13.9. The quantitative estimate of drug-likeness (QED) is 0.383. The van der Waals surface area contributed by atoms with Crippen molar-refractivity contribution in [1.82, 2.24) is 10.3 Å². The number of nitrogens with one attached hydrogen (secondary N) is 2. The molecule has 188 valence electrons. The molecule has 1 aliphatic heterocycles. The fourth-order valence-electron chi connectivity index (χ4n) is 4.25. The van der Waals surface area contributed by atoms with Crippen LogP contribution in [0.3, 0.4) is 0 Å². The molecule has 1 aliphatic rings. The lowest BCUT2D eigenvalue weighted by Gasteiger charge is -2.25. The van der Waals surface area contributed by atoms with Crippen molar-refractivity contribution in [2.24, 2.45) is 5.41 Å². The lowest BCUT2D eigenvalue weighted by atomic mass is 9.80. The summed E-state index contributed by atoms with van der Waals surface area (Å²) in [6.07, 6.45) is 2.05. The van der Waals surface area contributed by atoms with E-state index in [0.29, 0.717) is 30.0 Å². The number of Topliss-reactive ketones (excluding diaryl/α,β-unsaturated/α-hetero) is 1. The molecule has 36 heavy (non-hydrogen) atoms. The average Bonchev–Trinajstić information content (AvgIpc) is 3.33. The smallest absolute Gasteiger partial charge is 0.272 e. The molecule has 0 spiro atoms. The number of carbonyl (C=O) groups is 2. The molecule has 0 unspecified atom stereocenters. The third kappa shape index (κ3) is 5.94. The number of anilines is 2. The minimum atomic E-state index is -2.97. The van der Waals surface area contributed by atoms with Crippen LogP contribution in [0.4, 0.5) is 20.2 Å². The number of amides is 1. The summed E-state index contributed by atoms with van der Waals surface area (Å²) < 4.78 is 33.3. The number of ether oxygens (including phenoxy) is 1. The first-order valence-corrected chi connectivity index (χ1v) is 11.8. The number of aromatic nitrogens is 1. The molecule has 3 aromatic rings. The molecule has 4 rings (SSSR count). The molecule has 2 N–H and O–H groups in total. The number of halogens is 2. The number of carbonyl (C=O) groups excluding carboxylic acids is 2. The third-order valence-corrected chi connectivity index (χ3v) is 6.40. The van der Waals surface area contributed by atoms with Crippen LogP contribution >= 0.6 is 0 Å². The van der Waals surface area contributed by atoms with E-state index in [2.05, 4.69) is 15.6 Å². The zero-order chi connectivity index (χ0) is 25.8. The lowest BCUT2D eigenvalue weighted by Crippen LogP contribution is -2.42. The van der Waals surface area contributed by atoms with Crippen LogP contribution in [0.5, 0.6) is 0 Å². The molecule has 1 saturated heterocycles. The molecule has 1 aromatic heterocycles. The molecule has 1 amide bonds. The van der Waals surface area contributed by atoms with E-state index in [1.807, 2.05) is 19.1 Å². The highest BCUT2D eigenvalue weighted by atomic mass is 19.3. The van der Waals surface area contributed by atoms with Gasteiger partial charge in [0.05, 0.1) is 12.0 Å². The topological polar surface area (TPSA) is 80.3 Å². The van der Waals surface area contributed by atoms with Gasteiger partial charge in [0.25, 0.3) is 5.92 Å². The van der Waals surface area contributed by atoms with Crippen molar-refractivity contribution < 1.29 is 23.1 Å². The highest BCUT2D eigenvalue weighted by Gasteiger charge is 2.44. The minimum absolute atomic E-state index is 0.0495. The molecule has 0 aliphatic carbocycles. The Balaban J connectivity index is 1.38. The summed E-state index contributed by atoms with van der Waals surface area (Å²) in [5.41, 5.74) is 2.12. The number of alkyl halides is 2. The van der Waals surface area contributed by atoms with Crippen LogP contribution in [0.25, 0.3) is 0 Å². The van der Waals surface area contributed by atoms with Gasteiger partial charge in [0.2, 0.25) is 5.91 Å². The Morgan fingerprint density at radius 1 is 1.08 bits per heavy atom. The number of pyridine rings is 1. The highest BCUT2D eigenvalue weighted by molar-refractivity contribution is 5.99. The van der Waals surface area contributed by atoms with Gasteiger partial charge in [0.1, 0.15) is 0 Å². The number of rotatable bonds is 9. The zero-order valence-electron chi connectivity index (χ0n) is 20.3. The van der Waals surface area contributed by atoms with Crippen LogP contribution in [0.1, 0.15) is 46.9 Å². The standard InChI is InChI=1S/C28H29F2N3O3/c1-19-7-10-21(17-31-19)25(34)15-28(13-14-36-18-28)26(35)32-16-20-8-11-22(12-9-20)33-24-6-4-3-5-23(24)27(2,29)30/h3-12,17,33H,13-16,18H2,1-2H3,(H,32,35)/t28-/m0/s1. The summed E-state index contributed by atoms with van der Waals surface area (Å²) in [7, 11) is 0. The first-order valence-electron chi connectivity index (χ1n) is 11.8. The number of hydrogen-bond donors (Lipinski definition) is 2. The van der Waals surface area contributed by atoms with Crippen molar-refractivity contribution >= 4 is 23.1 Å². The van der Waals surface area contributed by atoms with Gasteiger partial charge in [-0.05, 0) is 49.2 Å². The van der Waals surface area contributed by atoms with Gasteiger partial charge in [-0.3, -0.25) is 14.6 Å². The second kappa shape index (κ2) is 10.5. The maximum Gasteiger partial charge on any atom is 0.272 e. The van der Waals surface area contributed by atoms with Crippen molar-refractivity contribution in [1.29, 1.82) is 0 Å². The number of para-hydroxylation sites is 1. The first-order chi connectivity index (χ1) is 17.2. The Kier molecular flexibility index (Phi) is 7.45. The van der Waals surface area contributed by atoms with Gasteiger partial charge in [-0.15, -0.1) is 0 Å². The zero-order valence-corrected chi connectivity index (χ0v) is 20.3. The largest absolute Gasteiger partial charge is 0.380 e. The van der Waals surface area contributed by atoms with Crippen LogP contribution in [-0.4, -0.2) is 29.9 Å². The molecule has 8 heteroatoms. The van der Waals surface area contributed by atoms with E-state index in [4.69, 9.17) is 4.74 Å². The third-order valence-electron chi connectivity index (χ3n) is 6.40. The number of aryl methyl sites for hydroxylation is 1. The van der Waals surface area contributed by atoms with Gasteiger partial charge in [-0.25, -0.2) is 8.78 Å². The number of hydrogen-bond acceptors (Lipinski definition) is 5. The van der Waals surface area contributed by atoms with Gasteiger partial charge in [-0.2, -0.15) is 0 Å². The predicted octanol–water partition coefficient (Wildman–Crippen LogP) is 5.54. The maximum absolute atomic E-state index is 13.9. The fourth-order valence-corrected chi connectivity index (χ4v) is 4.25. The number of nitrogens with zero attached hydrogens (tertiary/aromatic N) is 1. The van der Waals surface area contributed by atoms with E-state index in [-0.39, 0.29) is 36.8 Å². The summed E-state index contributed by atoms with van der Waals surface area (Å²) in [5.74, 6) is -3.34. The Labute approximate surface area is 209 Å². The summed E-state index contributed by atoms with van der Waals surface area (Å²) in [4.78, 5) is 30.2. The van der Waals surface area contributed by atoms with Crippen LogP contribution < -0.4 is 10.6 Å². The Morgan fingerprint density at radius 3 is 2.47 bits per heavy atom. The van der Waals surface area contributed by atoms with Gasteiger partial charge < -0.3 is 15.4 Å². The van der Waals surface area contributed by atoms with Crippen molar-refractivity contribution in [2.45, 2.75) is 39.2 Å². The second-order valence-corrected chi connectivity index (χ2v) is 9.31. The van der Waals surface area contributed by atoms with Crippen LogP contribution in [0, 0.1) is 12.3 Å². The Bertz CT molecular complexity index is 1220. The number of ketones is 1. The van der Waals surface area contributed by atoms with E-state index in [0.717, 1.165) is 18.2 Å². The monoisotopic (exact) mass is 493 g/mol. The summed E-state index contributed by atoms with van der Waals surface area (Å²) in [5, 5.41) is 5.98. The normalized spacial score (nSPS) is 17.6. The molecule has 1 atom stereocenters. The minimum Gasteiger partial charge on any atom is -0.380 e. The highest BCUT2D eigenvalue weighted by Crippen LogP contribution is 2.35. The van der Waals surface area contributed by atoms with E-state index in [1.54, 1.807) is 42.5 Å². The van der Waals surface area contributed by atoms with E-state index in [1.165, 1.54) is 12.3 Å². The summed E-state index contributed by atoms with van der Waals surface area (Å²) in [6.45, 7) is 3.59. The first kappa shape index (κ1) is 25.4. The molecular weight excluding hydrogens is 464 g/mol. The van der Waals surface area contributed by atoms with Crippen molar-refractivity contribution in [3.63, 3.8) is 0 Å². The molecule has 0 bridgehead atoms. The summed E-state index contributed by atoms with van der Waals surface area (Å²) in [6, 6.07) is 17.0. The molecule has 1 fully saturated rings. The van der Waals surface area contributed by atoms with Crippen molar-refractivity contribution in [2.75, 3.05) is 18.5 Å². The van der Waals surface area contributed by atoms with Gasteiger partial charge >= 0.3 is 0 Å². The Morgan fingerprint density at radius 2 is 1.83 bits per heavy atom. The van der Waals surface area contributed by atoms with Gasteiger partial charge in [0.15, 0.2) is 5.78 Å². The SMILES string of the molecule is Cc1ccc(C(=O)C[C@@]2(C(=O)NCc3ccc(Nc4ccccc4C(C)(F)F)cc3)CCOC2)cn1. The lowest BCUT2D eigenvalue weighted by molar-refractivity contribution is -0.131. The van der Waals surface area contributed by atoms with Gasteiger partial charge in [-0.1, -0.05) is 30.3 Å². The van der Waals surface area contributed by atoms with Crippen molar-refractivity contribution in [3.05, 3.63) is 89.2 Å². The van der Waals surface area contributed by atoms with E-state index >= 15 is 0 Å². The molecule has 6 nitrogen and oxygen atoms in total. The van der Waals surface area contributed by atoms with Crippen LogP contribution in [0.2, 0.25) is 0 Å². The second-order valence-electron chi connectivity index (χ2n) is 9.31.